The summed E-state index contributed by atoms with van der Waals surface area (Å²) in [4.78, 5) is 12.2. The molecule has 0 aliphatic heterocycles. The number of hydrogen-bond donors (Lipinski definition) is 0. The highest BCUT2D eigenvalue weighted by Gasteiger charge is 2.30. The van der Waals surface area contributed by atoms with E-state index >= 15 is 0 Å². The van der Waals surface area contributed by atoms with E-state index in [1.165, 1.54) is 21.3 Å². The van der Waals surface area contributed by atoms with E-state index in [4.69, 9.17) is 23.3 Å². The fourth-order valence-electron chi connectivity index (χ4n) is 2.02. The summed E-state index contributed by atoms with van der Waals surface area (Å²) in [6, 6.07) is 3.29. The van der Waals surface area contributed by atoms with E-state index < -0.39 is 13.3 Å². The summed E-state index contributed by atoms with van der Waals surface area (Å²) in [7, 11) is 1.58. The zero-order valence-corrected chi connectivity index (χ0v) is 14.6. The van der Waals surface area contributed by atoms with Crippen LogP contribution in [-0.4, -0.2) is 46.8 Å². The zero-order valence-electron chi connectivity index (χ0n) is 13.7. The lowest BCUT2D eigenvalue weighted by Crippen LogP contribution is -2.22. The molecule has 0 bridgehead atoms. The number of ether oxygens (including phenoxy) is 3. The van der Waals surface area contributed by atoms with E-state index in [0.717, 1.165) is 0 Å². The Morgan fingerprint density at radius 2 is 1.68 bits per heavy atom. The van der Waals surface area contributed by atoms with Crippen molar-refractivity contribution in [1.82, 2.24) is 0 Å². The highest BCUT2D eigenvalue weighted by Crippen LogP contribution is 2.49. The average Bonchev–Trinajstić information content (AvgIpc) is 2.53. The van der Waals surface area contributed by atoms with Crippen molar-refractivity contribution in [3.8, 4) is 11.5 Å². The molecule has 0 aromatic heterocycles. The van der Waals surface area contributed by atoms with Gasteiger partial charge in [-0.05, 0) is 26.2 Å². The average molecular weight is 330 g/mol. The van der Waals surface area contributed by atoms with Gasteiger partial charge < -0.3 is 23.3 Å². The number of hydrogen-bond acceptors (Lipinski definition) is 6. The molecule has 0 saturated heterocycles. The highest BCUT2D eigenvalue weighted by molar-refractivity contribution is 7.72. The van der Waals surface area contributed by atoms with Crippen molar-refractivity contribution in [2.45, 2.75) is 13.8 Å². The van der Waals surface area contributed by atoms with E-state index in [9.17, 15) is 4.79 Å². The SMILES string of the molecule is C=P(OCC)(OCC)c1cc(OC)cc(OC)c1C(=O)OC. The Labute approximate surface area is 131 Å². The minimum atomic E-state index is -2.72. The Balaban J connectivity index is 3.66. The first-order valence-electron chi connectivity index (χ1n) is 6.84. The summed E-state index contributed by atoms with van der Waals surface area (Å²) in [6.45, 7) is 4.48. The molecule has 0 spiro atoms. The largest absolute Gasteiger partial charge is 0.497 e. The molecule has 0 N–H and O–H groups in total. The van der Waals surface area contributed by atoms with Crippen molar-refractivity contribution in [3.05, 3.63) is 17.7 Å². The molecular formula is C15H23O6P. The summed E-state index contributed by atoms with van der Waals surface area (Å²) in [5.74, 6) is 0.308. The highest BCUT2D eigenvalue weighted by atomic mass is 31.2. The van der Waals surface area contributed by atoms with Crippen molar-refractivity contribution < 1.29 is 28.1 Å². The van der Waals surface area contributed by atoms with Crippen LogP contribution in [-0.2, 0) is 13.8 Å². The molecule has 0 heterocycles. The van der Waals surface area contributed by atoms with Crippen molar-refractivity contribution in [1.29, 1.82) is 0 Å². The molecule has 0 fully saturated rings. The Morgan fingerprint density at radius 3 is 2.09 bits per heavy atom. The summed E-state index contributed by atoms with van der Waals surface area (Å²) in [5, 5.41) is 0.499. The molecule has 0 aliphatic carbocycles. The van der Waals surface area contributed by atoms with Crippen LogP contribution in [0.3, 0.4) is 0 Å². The molecule has 1 rings (SSSR count). The maximum atomic E-state index is 12.2. The van der Waals surface area contributed by atoms with Crippen LogP contribution in [0.5, 0.6) is 11.5 Å². The van der Waals surface area contributed by atoms with Gasteiger partial charge in [-0.1, -0.05) is 0 Å². The molecular weight excluding hydrogens is 307 g/mol. The Morgan fingerprint density at radius 1 is 1.09 bits per heavy atom. The van der Waals surface area contributed by atoms with E-state index in [-0.39, 0.29) is 5.56 Å². The number of benzene rings is 1. The van der Waals surface area contributed by atoms with E-state index in [0.29, 0.717) is 30.0 Å². The third-order valence-electron chi connectivity index (χ3n) is 2.94. The molecule has 0 atom stereocenters. The zero-order chi connectivity index (χ0) is 16.8. The monoisotopic (exact) mass is 330 g/mol. The van der Waals surface area contributed by atoms with Gasteiger partial charge in [-0.2, -0.15) is 0 Å². The fourth-order valence-corrected chi connectivity index (χ4v) is 4.08. The Kier molecular flexibility index (Phi) is 6.94. The van der Waals surface area contributed by atoms with Crippen LogP contribution in [0.2, 0.25) is 0 Å². The fraction of sp³-hybridized carbons (Fsp3) is 0.467. The number of esters is 1. The lowest BCUT2D eigenvalue weighted by atomic mass is 10.2. The third kappa shape index (κ3) is 3.83. The van der Waals surface area contributed by atoms with Crippen molar-refractivity contribution >= 4 is 24.9 Å². The predicted molar refractivity (Wildman–Crippen MR) is 87.8 cm³/mol. The van der Waals surface area contributed by atoms with Crippen molar-refractivity contribution in [2.24, 2.45) is 0 Å². The summed E-state index contributed by atoms with van der Waals surface area (Å²) >= 11 is 0. The quantitative estimate of drug-likeness (QED) is 0.539. The van der Waals surface area contributed by atoms with Gasteiger partial charge in [0.2, 0.25) is 0 Å². The summed E-state index contributed by atoms with van der Waals surface area (Å²) in [6.07, 6.45) is 4.10. The maximum absolute atomic E-state index is 12.2. The lowest BCUT2D eigenvalue weighted by Gasteiger charge is -2.26. The van der Waals surface area contributed by atoms with Crippen molar-refractivity contribution in [3.63, 3.8) is 0 Å². The first kappa shape index (κ1) is 18.6. The van der Waals surface area contributed by atoms with Gasteiger partial charge >= 0.3 is 5.97 Å². The number of methoxy groups -OCH3 is 3. The van der Waals surface area contributed by atoms with Crippen LogP contribution >= 0.6 is 7.34 Å². The number of carbonyl (C=O) groups excluding carboxylic acids is 1. The van der Waals surface area contributed by atoms with Gasteiger partial charge in [0.05, 0.1) is 34.5 Å². The summed E-state index contributed by atoms with van der Waals surface area (Å²) in [5.41, 5.74) is 0.246. The Hall–Kier alpha value is -1.49. The second-order valence-corrected chi connectivity index (χ2v) is 6.57. The topological polar surface area (TPSA) is 63.2 Å². The van der Waals surface area contributed by atoms with E-state index in [1.807, 2.05) is 13.8 Å². The molecule has 7 heteroatoms. The van der Waals surface area contributed by atoms with Gasteiger partial charge in [0.25, 0.3) is 0 Å². The first-order valence-corrected chi connectivity index (χ1v) is 8.65. The van der Waals surface area contributed by atoms with Gasteiger partial charge in [-0.15, -0.1) is 0 Å². The van der Waals surface area contributed by atoms with Crippen LogP contribution in [0, 0.1) is 0 Å². The van der Waals surface area contributed by atoms with Crippen LogP contribution in [0.25, 0.3) is 0 Å². The van der Waals surface area contributed by atoms with E-state index in [2.05, 4.69) is 6.30 Å². The molecule has 0 radical (unpaired) electrons. The third-order valence-corrected chi connectivity index (χ3v) is 5.38. The van der Waals surface area contributed by atoms with Gasteiger partial charge in [-0.3, -0.25) is 0 Å². The smallest absolute Gasteiger partial charge is 0.342 e. The number of rotatable bonds is 8. The normalized spacial score (nSPS) is 11.1. The standard InChI is InChI=1S/C15H23O6P/c1-7-20-22(6,21-8-2)13-10-11(17-3)9-12(18-4)14(13)15(16)19-5/h9-10H,6-8H2,1-5H3. The molecule has 0 saturated carbocycles. The van der Waals surface area contributed by atoms with Gasteiger partial charge in [0, 0.05) is 11.4 Å². The van der Waals surface area contributed by atoms with Crippen LogP contribution < -0.4 is 14.8 Å². The second-order valence-electron chi connectivity index (χ2n) is 4.22. The minimum absolute atomic E-state index is 0.246. The molecule has 0 unspecified atom stereocenters. The van der Waals surface area contributed by atoms with Crippen LogP contribution in [0.4, 0.5) is 0 Å². The van der Waals surface area contributed by atoms with Crippen LogP contribution in [0.15, 0.2) is 12.1 Å². The predicted octanol–water partition coefficient (Wildman–Crippen LogP) is 2.47. The van der Waals surface area contributed by atoms with Gasteiger partial charge in [-0.25, -0.2) is 4.79 Å². The summed E-state index contributed by atoms with van der Waals surface area (Å²) < 4.78 is 26.9. The second kappa shape index (κ2) is 8.22. The molecule has 1 aromatic rings. The van der Waals surface area contributed by atoms with Crippen molar-refractivity contribution in [2.75, 3.05) is 34.5 Å². The molecule has 1 aromatic carbocycles. The maximum Gasteiger partial charge on any atom is 0.342 e. The Bertz CT molecular complexity index is 559. The molecule has 6 nitrogen and oxygen atoms in total. The number of carbonyl (C=O) groups is 1. The minimum Gasteiger partial charge on any atom is -0.497 e. The lowest BCUT2D eigenvalue weighted by molar-refractivity contribution is 0.0598. The molecule has 22 heavy (non-hydrogen) atoms. The molecule has 0 aliphatic rings. The first-order chi connectivity index (χ1) is 10.5. The van der Waals surface area contributed by atoms with Gasteiger partial charge in [0.1, 0.15) is 24.4 Å². The van der Waals surface area contributed by atoms with E-state index in [1.54, 1.807) is 12.1 Å². The molecule has 0 amide bonds. The van der Waals surface area contributed by atoms with Gasteiger partial charge in [0.15, 0.2) is 0 Å². The molecule has 124 valence electrons. The van der Waals surface area contributed by atoms with Crippen LogP contribution in [0.1, 0.15) is 24.2 Å².